The first-order valence-corrected chi connectivity index (χ1v) is 9.82. The average molecular weight is 414 g/mol. The first kappa shape index (κ1) is 21.7. The van der Waals surface area contributed by atoms with E-state index in [1.54, 1.807) is 37.7 Å². The molecule has 160 valence electrons. The molecule has 0 saturated carbocycles. The molecule has 1 saturated heterocycles. The third-order valence-electron chi connectivity index (χ3n) is 5.48. The number of amides is 1. The van der Waals surface area contributed by atoms with E-state index in [2.05, 4.69) is 5.10 Å². The number of benzene rings is 1. The molecule has 7 nitrogen and oxygen atoms in total. The molecular weight excluding hydrogens is 387 g/mol. The number of carbonyl (C=O) groups is 2. The highest BCUT2D eigenvalue weighted by Gasteiger charge is 2.46. The number of aliphatic hydroxyl groups excluding tert-OH is 1. The van der Waals surface area contributed by atoms with Gasteiger partial charge >= 0.3 is 0 Å². The fourth-order valence-electron chi connectivity index (χ4n) is 3.91. The lowest BCUT2D eigenvalue weighted by molar-refractivity contribution is -0.139. The summed E-state index contributed by atoms with van der Waals surface area (Å²) < 4.78 is 15.1. The molecule has 0 unspecified atom stereocenters. The van der Waals surface area contributed by atoms with Crippen LogP contribution in [0.3, 0.4) is 0 Å². The molecule has 0 bridgehead atoms. The Kier molecular flexibility index (Phi) is 6.07. The number of carbonyl (C=O) groups excluding carboxylic acids is 2. The van der Waals surface area contributed by atoms with E-state index in [0.717, 1.165) is 6.54 Å². The lowest BCUT2D eigenvalue weighted by Gasteiger charge is -2.26. The molecule has 1 fully saturated rings. The van der Waals surface area contributed by atoms with Gasteiger partial charge in [-0.25, -0.2) is 4.39 Å². The van der Waals surface area contributed by atoms with Crippen molar-refractivity contribution in [2.24, 2.45) is 7.05 Å². The fraction of sp³-hybridized carbons (Fsp3) is 0.409. The molecule has 0 radical (unpaired) electrons. The summed E-state index contributed by atoms with van der Waals surface area (Å²) in [7, 11) is 5.61. The van der Waals surface area contributed by atoms with Crippen LogP contribution in [0.5, 0.6) is 0 Å². The first-order valence-electron chi connectivity index (χ1n) is 9.82. The van der Waals surface area contributed by atoms with Gasteiger partial charge in [-0.2, -0.15) is 5.10 Å². The van der Waals surface area contributed by atoms with E-state index in [1.165, 1.54) is 17.0 Å². The molecule has 0 spiro atoms. The Balaban J connectivity index is 2.14. The van der Waals surface area contributed by atoms with Crippen LogP contribution in [-0.2, 0) is 16.6 Å². The zero-order valence-corrected chi connectivity index (χ0v) is 17.9. The van der Waals surface area contributed by atoms with Gasteiger partial charge in [0.1, 0.15) is 11.6 Å². The molecule has 1 aliphatic heterocycles. The normalized spacial score (nSPS) is 18.6. The maximum absolute atomic E-state index is 13.5. The summed E-state index contributed by atoms with van der Waals surface area (Å²) in [5.41, 5.74) is 2.26. The Bertz CT molecular complexity index is 1010. The van der Waals surface area contributed by atoms with E-state index in [-0.39, 0.29) is 11.3 Å². The van der Waals surface area contributed by atoms with Crippen LogP contribution < -0.4 is 0 Å². The molecular formula is C22H27FN4O3. The molecule has 8 heteroatoms. The predicted octanol–water partition coefficient (Wildman–Crippen LogP) is 2.55. The Morgan fingerprint density at radius 2 is 1.83 bits per heavy atom. The number of aromatic nitrogens is 2. The second kappa shape index (κ2) is 8.39. The molecule has 1 atom stereocenters. The van der Waals surface area contributed by atoms with Gasteiger partial charge in [0.15, 0.2) is 0 Å². The number of Topliss-reactive ketones (excluding diaryl/α,β-unsaturated/α-hetero) is 1. The number of nitrogens with zero attached hydrogens (tertiary/aromatic N) is 4. The third kappa shape index (κ3) is 3.87. The SMILES string of the molecule is Cc1nn(C)c(C)c1C(O)=C1C(=O)C(=O)N(CCCN(C)C)[C@H]1c1ccc(F)cc1. The molecule has 30 heavy (non-hydrogen) atoms. The summed E-state index contributed by atoms with van der Waals surface area (Å²) in [4.78, 5) is 29.3. The van der Waals surface area contributed by atoms with Crippen molar-refractivity contribution in [2.75, 3.05) is 27.2 Å². The summed E-state index contributed by atoms with van der Waals surface area (Å²) in [6, 6.07) is 4.88. The highest BCUT2D eigenvalue weighted by atomic mass is 19.1. The Morgan fingerprint density at radius 1 is 1.20 bits per heavy atom. The smallest absolute Gasteiger partial charge is 0.295 e. The molecule has 2 heterocycles. The van der Waals surface area contributed by atoms with Crippen molar-refractivity contribution in [3.05, 3.63) is 58.2 Å². The fourth-order valence-corrected chi connectivity index (χ4v) is 3.91. The van der Waals surface area contributed by atoms with Gasteiger partial charge in [0, 0.05) is 19.3 Å². The van der Waals surface area contributed by atoms with Crippen molar-refractivity contribution in [1.29, 1.82) is 0 Å². The second-order valence-corrected chi connectivity index (χ2v) is 7.87. The Labute approximate surface area is 175 Å². The maximum atomic E-state index is 13.5. The Morgan fingerprint density at radius 3 is 2.37 bits per heavy atom. The number of hydrogen-bond acceptors (Lipinski definition) is 5. The van der Waals surface area contributed by atoms with E-state index < -0.39 is 23.5 Å². The summed E-state index contributed by atoms with van der Waals surface area (Å²) in [5, 5.41) is 15.4. The minimum Gasteiger partial charge on any atom is -0.507 e. The lowest BCUT2D eigenvalue weighted by atomic mass is 9.94. The number of aryl methyl sites for hydroxylation is 2. The second-order valence-electron chi connectivity index (χ2n) is 7.87. The molecule has 1 amide bonds. The molecule has 1 N–H and O–H groups in total. The number of halogens is 1. The van der Waals surface area contributed by atoms with E-state index >= 15 is 0 Å². The van der Waals surface area contributed by atoms with Crippen LogP contribution in [0, 0.1) is 19.7 Å². The third-order valence-corrected chi connectivity index (χ3v) is 5.48. The van der Waals surface area contributed by atoms with Crippen molar-refractivity contribution in [3.63, 3.8) is 0 Å². The van der Waals surface area contributed by atoms with Crippen LogP contribution in [0.2, 0.25) is 0 Å². The van der Waals surface area contributed by atoms with Crippen LogP contribution in [0.4, 0.5) is 4.39 Å². The first-order chi connectivity index (χ1) is 14.1. The van der Waals surface area contributed by atoms with Crippen LogP contribution >= 0.6 is 0 Å². The predicted molar refractivity (Wildman–Crippen MR) is 111 cm³/mol. The molecule has 3 rings (SSSR count). The minimum absolute atomic E-state index is 0.00987. The van der Waals surface area contributed by atoms with Gasteiger partial charge < -0.3 is 14.9 Å². The van der Waals surface area contributed by atoms with Gasteiger partial charge in [-0.15, -0.1) is 0 Å². The summed E-state index contributed by atoms with van der Waals surface area (Å²) in [6.07, 6.45) is 0.655. The monoisotopic (exact) mass is 414 g/mol. The van der Waals surface area contributed by atoms with Gasteiger partial charge in [-0.1, -0.05) is 12.1 Å². The quantitative estimate of drug-likeness (QED) is 0.447. The number of aliphatic hydroxyl groups is 1. The minimum atomic E-state index is -0.785. The number of hydrogen-bond donors (Lipinski definition) is 1. The van der Waals surface area contributed by atoms with Crippen molar-refractivity contribution >= 4 is 17.4 Å². The van der Waals surface area contributed by atoms with E-state index in [9.17, 15) is 19.1 Å². The number of ketones is 1. The van der Waals surface area contributed by atoms with Gasteiger partial charge in [0.05, 0.1) is 22.9 Å². The highest BCUT2D eigenvalue weighted by molar-refractivity contribution is 6.46. The summed E-state index contributed by atoms with van der Waals surface area (Å²) in [6.45, 7) is 4.60. The van der Waals surface area contributed by atoms with E-state index in [0.29, 0.717) is 35.5 Å². The van der Waals surface area contributed by atoms with E-state index in [4.69, 9.17) is 0 Å². The number of rotatable bonds is 6. The molecule has 2 aromatic rings. The summed E-state index contributed by atoms with van der Waals surface area (Å²) >= 11 is 0. The number of likely N-dealkylation sites (tertiary alicyclic amines) is 1. The van der Waals surface area contributed by atoms with Crippen molar-refractivity contribution in [2.45, 2.75) is 26.3 Å². The molecule has 1 aromatic heterocycles. The topological polar surface area (TPSA) is 78.7 Å². The van der Waals surface area contributed by atoms with Crippen molar-refractivity contribution in [1.82, 2.24) is 19.6 Å². The van der Waals surface area contributed by atoms with Crippen LogP contribution in [0.15, 0.2) is 29.8 Å². The average Bonchev–Trinajstić information content (AvgIpc) is 3.08. The van der Waals surface area contributed by atoms with Crippen LogP contribution in [0.1, 0.15) is 35.0 Å². The maximum Gasteiger partial charge on any atom is 0.295 e. The Hall–Kier alpha value is -3.00. The van der Waals surface area contributed by atoms with Gasteiger partial charge in [0.2, 0.25) is 0 Å². The highest BCUT2D eigenvalue weighted by Crippen LogP contribution is 2.40. The zero-order valence-electron chi connectivity index (χ0n) is 17.9. The standard InChI is InChI=1S/C22H27FN4O3/c1-13-17(14(2)26(5)24-13)20(28)18-19(15-7-9-16(23)10-8-15)27(22(30)21(18)29)12-6-11-25(3)4/h7-10,19,28H,6,11-12H2,1-5H3/t19-/m0/s1. The molecule has 1 aromatic carbocycles. The van der Waals surface area contributed by atoms with Crippen LogP contribution in [-0.4, -0.2) is 63.6 Å². The van der Waals surface area contributed by atoms with Gasteiger partial charge in [0.25, 0.3) is 11.7 Å². The molecule has 0 aliphatic carbocycles. The van der Waals surface area contributed by atoms with Crippen LogP contribution in [0.25, 0.3) is 5.76 Å². The lowest BCUT2D eigenvalue weighted by Crippen LogP contribution is -2.32. The largest absolute Gasteiger partial charge is 0.507 e. The van der Waals surface area contributed by atoms with Crippen molar-refractivity contribution in [3.8, 4) is 0 Å². The van der Waals surface area contributed by atoms with E-state index in [1.807, 2.05) is 19.0 Å². The summed E-state index contributed by atoms with van der Waals surface area (Å²) in [5.74, 6) is -2.07. The zero-order chi connectivity index (χ0) is 22.2. The van der Waals surface area contributed by atoms with Crippen molar-refractivity contribution < 1.29 is 19.1 Å². The molecule has 1 aliphatic rings. The van der Waals surface area contributed by atoms with Gasteiger partial charge in [-0.3, -0.25) is 14.3 Å². The van der Waals surface area contributed by atoms with Gasteiger partial charge in [-0.05, 0) is 58.6 Å².